The third-order valence-electron chi connectivity index (χ3n) is 7.69. The highest BCUT2D eigenvalue weighted by molar-refractivity contribution is 5.96. The van der Waals surface area contributed by atoms with Gasteiger partial charge in [0, 0.05) is 6.54 Å². The molecule has 0 aromatic heterocycles. The van der Waals surface area contributed by atoms with Gasteiger partial charge in [0.05, 0.1) is 19.1 Å². The van der Waals surface area contributed by atoms with Crippen LogP contribution in [0.15, 0.2) is 4.99 Å². The Bertz CT molecular complexity index is 1330. The third kappa shape index (κ3) is 20.7. The molecule has 54 heavy (non-hydrogen) atoms. The zero-order valence-electron chi connectivity index (χ0n) is 30.6. The number of amides is 6. The number of hydrogen-bond acceptors (Lipinski definition) is 11. The molecule has 16 N–H and O–H groups in total. The molecule has 0 saturated heterocycles. The number of carbonyl (C=O) groups excluding carboxylic acids is 6. The summed E-state index contributed by atoms with van der Waals surface area (Å²) >= 11 is 0. The van der Waals surface area contributed by atoms with E-state index < -0.39 is 115 Å². The number of carbonyl (C=O) groups is 8. The number of aliphatic hydroxyl groups excluding tert-OH is 1. The van der Waals surface area contributed by atoms with Crippen molar-refractivity contribution in [2.45, 2.75) is 109 Å². The maximum atomic E-state index is 13.4. The van der Waals surface area contributed by atoms with Crippen molar-refractivity contribution in [3.05, 3.63) is 0 Å². The Morgan fingerprint density at radius 3 is 1.61 bits per heavy atom. The largest absolute Gasteiger partial charge is 0.490 e. The van der Waals surface area contributed by atoms with Crippen molar-refractivity contribution in [1.29, 1.82) is 0 Å². The number of guanidine groups is 1. The second-order valence-electron chi connectivity index (χ2n) is 12.2. The zero-order valence-corrected chi connectivity index (χ0v) is 30.6. The lowest BCUT2D eigenvalue weighted by atomic mass is 9.94. The quantitative estimate of drug-likeness (QED) is 0.0288. The molecular weight excluding hydrogens is 733 g/mol. The zero-order chi connectivity index (χ0) is 42.5. The van der Waals surface area contributed by atoms with E-state index in [-0.39, 0.29) is 25.3 Å². The SMILES string of the molecule is CCC(C)C(NC(=O)CNC(=O)C(CC(N)=O)NC(=O)C(N)C(C)O)C(=O)NC(C(=O)NC(CCCN=C(N)N)C(=O)O)C(C)CC.O=C(O)C(F)(F)F. The molecule has 0 aromatic carbocycles. The molecule has 0 fully saturated rings. The predicted octanol–water partition coefficient (Wildman–Crippen LogP) is -3.51. The lowest BCUT2D eigenvalue weighted by Gasteiger charge is -2.29. The molecule has 8 atom stereocenters. The summed E-state index contributed by atoms with van der Waals surface area (Å²) in [4.78, 5) is 100. The summed E-state index contributed by atoms with van der Waals surface area (Å²) in [7, 11) is 0. The minimum Gasteiger partial charge on any atom is -0.480 e. The summed E-state index contributed by atoms with van der Waals surface area (Å²) < 4.78 is 31.7. The first kappa shape index (κ1) is 50.8. The van der Waals surface area contributed by atoms with E-state index >= 15 is 0 Å². The van der Waals surface area contributed by atoms with Gasteiger partial charge in [-0.05, 0) is 31.6 Å². The summed E-state index contributed by atoms with van der Waals surface area (Å²) in [5.74, 6) is -10.1. The van der Waals surface area contributed by atoms with Crippen LogP contribution in [-0.2, 0) is 38.4 Å². The molecule has 0 aliphatic rings. The van der Waals surface area contributed by atoms with Gasteiger partial charge < -0.3 is 64.8 Å². The van der Waals surface area contributed by atoms with Gasteiger partial charge in [0.1, 0.15) is 30.2 Å². The van der Waals surface area contributed by atoms with E-state index in [4.69, 9.17) is 32.8 Å². The summed E-state index contributed by atoms with van der Waals surface area (Å²) in [5, 5.41) is 38.3. The number of nitrogens with one attached hydrogen (secondary N) is 5. The minimum atomic E-state index is -5.08. The number of nitrogens with zero attached hydrogens (tertiary/aromatic N) is 1. The van der Waals surface area contributed by atoms with Crippen LogP contribution in [0, 0.1) is 11.8 Å². The van der Waals surface area contributed by atoms with E-state index in [2.05, 4.69) is 31.6 Å². The van der Waals surface area contributed by atoms with Crippen molar-refractivity contribution in [2.75, 3.05) is 13.1 Å². The molecule has 0 spiro atoms. The van der Waals surface area contributed by atoms with Crippen LogP contribution >= 0.6 is 0 Å². The predicted molar refractivity (Wildman–Crippen MR) is 184 cm³/mol. The average molecular weight is 787 g/mol. The van der Waals surface area contributed by atoms with Crippen LogP contribution in [0.2, 0.25) is 0 Å². The van der Waals surface area contributed by atoms with Gasteiger partial charge in [0.15, 0.2) is 5.96 Å². The Hall–Kier alpha value is -5.26. The van der Waals surface area contributed by atoms with E-state index in [0.29, 0.717) is 12.8 Å². The fourth-order valence-electron chi connectivity index (χ4n) is 4.08. The lowest BCUT2D eigenvalue weighted by molar-refractivity contribution is -0.192. The molecule has 0 aliphatic heterocycles. The summed E-state index contributed by atoms with van der Waals surface area (Å²) in [5.41, 5.74) is 21.3. The molecular formula is C30H53F3N10O11. The second kappa shape index (κ2) is 24.9. The maximum absolute atomic E-state index is 13.4. The number of alkyl halides is 3. The van der Waals surface area contributed by atoms with Gasteiger partial charge in [-0.15, -0.1) is 0 Å². The van der Waals surface area contributed by atoms with Crippen LogP contribution in [0.1, 0.15) is 66.7 Å². The molecule has 0 bridgehead atoms. The van der Waals surface area contributed by atoms with E-state index in [9.17, 15) is 56.9 Å². The molecule has 0 saturated carbocycles. The third-order valence-corrected chi connectivity index (χ3v) is 7.69. The topological polar surface area (TPSA) is 374 Å². The van der Waals surface area contributed by atoms with Gasteiger partial charge in [-0.2, -0.15) is 13.2 Å². The Kier molecular flexibility index (Phi) is 23.4. The van der Waals surface area contributed by atoms with Crippen LogP contribution in [0.25, 0.3) is 0 Å². The molecule has 0 aliphatic carbocycles. The number of carboxylic acid groups (broad SMARTS) is 2. The Labute approximate surface area is 309 Å². The fourth-order valence-corrected chi connectivity index (χ4v) is 4.08. The number of aliphatic imine (C=N–C) groups is 1. The second-order valence-corrected chi connectivity index (χ2v) is 12.2. The lowest BCUT2D eigenvalue weighted by Crippen LogP contribution is -2.59. The maximum Gasteiger partial charge on any atom is 0.490 e. The van der Waals surface area contributed by atoms with Gasteiger partial charge in [-0.1, -0.05) is 40.5 Å². The van der Waals surface area contributed by atoms with Crippen molar-refractivity contribution >= 4 is 53.3 Å². The van der Waals surface area contributed by atoms with Crippen molar-refractivity contribution < 1.29 is 66.8 Å². The molecule has 24 heteroatoms. The summed E-state index contributed by atoms with van der Waals surface area (Å²) in [6.07, 6.45) is -5.81. The normalized spacial score (nSPS) is 15.4. The van der Waals surface area contributed by atoms with Crippen LogP contribution in [0.5, 0.6) is 0 Å². The molecule has 0 aromatic rings. The van der Waals surface area contributed by atoms with Gasteiger partial charge in [0.25, 0.3) is 0 Å². The first-order chi connectivity index (χ1) is 24.8. The molecule has 6 amide bonds. The number of aliphatic hydroxyl groups is 1. The number of aliphatic carboxylic acids is 2. The van der Waals surface area contributed by atoms with Crippen molar-refractivity contribution in [2.24, 2.45) is 39.8 Å². The summed E-state index contributed by atoms with van der Waals surface area (Å²) in [6.45, 7) is 7.67. The minimum absolute atomic E-state index is 0.0215. The Balaban J connectivity index is 0. The van der Waals surface area contributed by atoms with Crippen molar-refractivity contribution in [1.82, 2.24) is 26.6 Å². The Morgan fingerprint density at radius 2 is 1.20 bits per heavy atom. The van der Waals surface area contributed by atoms with E-state index in [1.165, 1.54) is 6.92 Å². The Morgan fingerprint density at radius 1 is 0.741 bits per heavy atom. The van der Waals surface area contributed by atoms with E-state index in [0.717, 1.165) is 0 Å². The highest BCUT2D eigenvalue weighted by atomic mass is 19.4. The standard InChI is InChI=1S/C28H52N10O9.C2HF3O2/c1-6-13(3)21(37-19(41)12-34-23(42)17(11-18(29)40)36-24(43)20(30)15(5)39)26(45)38-22(14(4)7-2)25(44)35-16(27(46)47)9-8-10-33-28(31)32;3-2(4,5)1(6)7/h13-17,20-22,39H,6-12,30H2,1-5H3,(H2,29,40)(H,34,42)(H,35,44)(H,36,43)(H,37,41)(H,38,45)(H,46,47)(H4,31,32,33);(H,6,7). The number of hydrogen-bond donors (Lipinski definition) is 12. The average Bonchev–Trinajstić information content (AvgIpc) is 3.07. The van der Waals surface area contributed by atoms with E-state index in [1.54, 1.807) is 27.7 Å². The molecule has 0 heterocycles. The molecule has 8 unspecified atom stereocenters. The van der Waals surface area contributed by atoms with Gasteiger partial charge >= 0.3 is 18.1 Å². The van der Waals surface area contributed by atoms with Crippen LogP contribution < -0.4 is 49.5 Å². The highest BCUT2D eigenvalue weighted by Gasteiger charge is 2.38. The molecule has 0 rings (SSSR count). The number of nitrogens with two attached hydrogens (primary N) is 4. The number of rotatable bonds is 22. The van der Waals surface area contributed by atoms with Gasteiger partial charge in [0.2, 0.25) is 35.4 Å². The smallest absolute Gasteiger partial charge is 0.480 e. The van der Waals surface area contributed by atoms with Crippen LogP contribution in [0.4, 0.5) is 13.2 Å². The monoisotopic (exact) mass is 786 g/mol. The molecule has 310 valence electrons. The number of carboxylic acids is 2. The first-order valence-electron chi connectivity index (χ1n) is 16.6. The summed E-state index contributed by atoms with van der Waals surface area (Å²) in [6, 6.07) is -6.49. The molecule has 21 nitrogen and oxygen atoms in total. The van der Waals surface area contributed by atoms with Crippen LogP contribution in [0.3, 0.4) is 0 Å². The fraction of sp³-hybridized carbons (Fsp3) is 0.700. The first-order valence-corrected chi connectivity index (χ1v) is 16.6. The van der Waals surface area contributed by atoms with Gasteiger partial charge in [-0.3, -0.25) is 33.8 Å². The van der Waals surface area contributed by atoms with Crippen LogP contribution in [-0.4, -0.2) is 124 Å². The van der Waals surface area contributed by atoms with Crippen molar-refractivity contribution in [3.63, 3.8) is 0 Å². The van der Waals surface area contributed by atoms with Crippen molar-refractivity contribution in [3.8, 4) is 0 Å². The number of halogens is 3. The number of primary amides is 1. The van der Waals surface area contributed by atoms with Gasteiger partial charge in [-0.25, -0.2) is 9.59 Å². The van der Waals surface area contributed by atoms with E-state index in [1.807, 2.05) is 0 Å². The molecule has 0 radical (unpaired) electrons. The highest BCUT2D eigenvalue weighted by Crippen LogP contribution is 2.14.